The molecule has 0 atom stereocenters. The number of anilines is 1. The first-order chi connectivity index (χ1) is 7.25. The molecule has 1 fully saturated rings. The van der Waals surface area contributed by atoms with Crippen molar-refractivity contribution in [3.8, 4) is 0 Å². The fourth-order valence-electron chi connectivity index (χ4n) is 1.79. The number of rotatable bonds is 2. The Hall–Kier alpha value is -0.610. The fourth-order valence-corrected chi connectivity index (χ4v) is 2.13. The first-order valence-electron chi connectivity index (χ1n) is 5.18. The van der Waals surface area contributed by atoms with Gasteiger partial charge in [-0.2, -0.15) is 0 Å². The Balaban J connectivity index is 2.03. The minimum atomic E-state index is -0.192. The molecule has 1 aromatic rings. The first-order valence-corrected chi connectivity index (χ1v) is 5.97. The molecular formula is C11H14BrFN2. The summed E-state index contributed by atoms with van der Waals surface area (Å²) in [6, 6.07) is 5.51. The third-order valence-corrected chi connectivity index (χ3v) is 3.12. The molecule has 15 heavy (non-hydrogen) atoms. The van der Waals surface area contributed by atoms with Crippen molar-refractivity contribution >= 4 is 21.6 Å². The van der Waals surface area contributed by atoms with Gasteiger partial charge in [-0.1, -0.05) is 15.9 Å². The van der Waals surface area contributed by atoms with Crippen molar-refractivity contribution in [2.45, 2.75) is 18.9 Å². The monoisotopic (exact) mass is 272 g/mol. The lowest BCUT2D eigenvalue weighted by atomic mass is 10.1. The van der Waals surface area contributed by atoms with Gasteiger partial charge in [0.1, 0.15) is 5.82 Å². The quantitative estimate of drug-likeness (QED) is 0.865. The minimum absolute atomic E-state index is 0.192. The summed E-state index contributed by atoms with van der Waals surface area (Å²) in [5.41, 5.74) is 0.602. The Morgan fingerprint density at radius 1 is 1.33 bits per heavy atom. The molecule has 0 bridgehead atoms. The second kappa shape index (κ2) is 4.94. The molecule has 1 aromatic carbocycles. The van der Waals surface area contributed by atoms with Crippen molar-refractivity contribution in [1.82, 2.24) is 5.32 Å². The van der Waals surface area contributed by atoms with Crippen molar-refractivity contribution in [3.63, 3.8) is 0 Å². The van der Waals surface area contributed by atoms with Crippen LogP contribution in [0.15, 0.2) is 22.7 Å². The van der Waals surface area contributed by atoms with Crippen LogP contribution in [-0.4, -0.2) is 19.1 Å². The molecule has 0 aliphatic carbocycles. The Bertz CT molecular complexity index is 337. The predicted octanol–water partition coefficient (Wildman–Crippen LogP) is 2.75. The zero-order valence-electron chi connectivity index (χ0n) is 8.39. The van der Waals surface area contributed by atoms with Crippen LogP contribution in [0.2, 0.25) is 0 Å². The highest BCUT2D eigenvalue weighted by Gasteiger charge is 2.14. The maximum atomic E-state index is 13.5. The van der Waals surface area contributed by atoms with Crippen molar-refractivity contribution in [2.75, 3.05) is 18.4 Å². The normalized spacial score (nSPS) is 17.7. The molecule has 4 heteroatoms. The summed E-state index contributed by atoms with van der Waals surface area (Å²) < 4.78 is 14.3. The van der Waals surface area contributed by atoms with Gasteiger partial charge in [-0.25, -0.2) is 4.39 Å². The van der Waals surface area contributed by atoms with E-state index < -0.39 is 0 Å². The van der Waals surface area contributed by atoms with Crippen LogP contribution in [0.4, 0.5) is 10.1 Å². The molecule has 0 aromatic heterocycles. The number of hydrogen-bond donors (Lipinski definition) is 2. The summed E-state index contributed by atoms with van der Waals surface area (Å²) in [4.78, 5) is 0. The van der Waals surface area contributed by atoms with Crippen LogP contribution in [0.3, 0.4) is 0 Å². The molecule has 1 heterocycles. The molecule has 0 spiro atoms. The van der Waals surface area contributed by atoms with Crippen LogP contribution < -0.4 is 10.6 Å². The molecule has 2 N–H and O–H groups in total. The molecule has 0 amide bonds. The highest BCUT2D eigenvalue weighted by molar-refractivity contribution is 9.10. The predicted molar refractivity (Wildman–Crippen MR) is 63.6 cm³/mol. The lowest BCUT2D eigenvalue weighted by molar-refractivity contribution is 0.477. The van der Waals surface area contributed by atoms with Gasteiger partial charge in [-0.05, 0) is 44.1 Å². The lowest BCUT2D eigenvalue weighted by Gasteiger charge is -2.24. The minimum Gasteiger partial charge on any atom is -0.380 e. The molecule has 0 saturated carbocycles. The average Bonchev–Trinajstić information content (AvgIpc) is 2.24. The number of hydrogen-bond acceptors (Lipinski definition) is 2. The summed E-state index contributed by atoms with van der Waals surface area (Å²) in [6.45, 7) is 2.02. The number of piperidine rings is 1. The van der Waals surface area contributed by atoms with E-state index in [1.165, 1.54) is 6.07 Å². The van der Waals surface area contributed by atoms with Gasteiger partial charge in [0, 0.05) is 10.5 Å². The van der Waals surface area contributed by atoms with Crippen molar-refractivity contribution in [3.05, 3.63) is 28.5 Å². The molecule has 1 saturated heterocycles. The summed E-state index contributed by atoms with van der Waals surface area (Å²) in [5, 5.41) is 6.52. The van der Waals surface area contributed by atoms with E-state index in [4.69, 9.17) is 0 Å². The number of benzene rings is 1. The van der Waals surface area contributed by atoms with E-state index >= 15 is 0 Å². The van der Waals surface area contributed by atoms with Gasteiger partial charge >= 0.3 is 0 Å². The van der Waals surface area contributed by atoms with Crippen LogP contribution in [0.1, 0.15) is 12.8 Å². The van der Waals surface area contributed by atoms with E-state index in [0.29, 0.717) is 11.7 Å². The van der Waals surface area contributed by atoms with E-state index in [2.05, 4.69) is 26.6 Å². The van der Waals surface area contributed by atoms with Crippen LogP contribution in [-0.2, 0) is 0 Å². The van der Waals surface area contributed by atoms with Gasteiger partial charge in [-0.3, -0.25) is 0 Å². The van der Waals surface area contributed by atoms with E-state index in [-0.39, 0.29) is 5.82 Å². The van der Waals surface area contributed by atoms with E-state index in [9.17, 15) is 4.39 Å². The SMILES string of the molecule is Fc1cc(Br)ccc1NC1CCNCC1. The number of nitrogens with one attached hydrogen (secondary N) is 2. The topological polar surface area (TPSA) is 24.1 Å². The van der Waals surface area contributed by atoms with Gasteiger partial charge in [-0.15, -0.1) is 0 Å². The van der Waals surface area contributed by atoms with Gasteiger partial charge in [0.05, 0.1) is 5.69 Å². The third-order valence-electron chi connectivity index (χ3n) is 2.63. The summed E-state index contributed by atoms with van der Waals surface area (Å²) in [7, 11) is 0. The standard InChI is InChI=1S/C11H14BrFN2/c12-8-1-2-11(10(13)7-8)15-9-3-5-14-6-4-9/h1-2,7,9,14-15H,3-6H2. The Morgan fingerprint density at radius 3 is 2.73 bits per heavy atom. The maximum Gasteiger partial charge on any atom is 0.147 e. The Labute approximate surface area is 97.4 Å². The van der Waals surface area contributed by atoms with Crippen LogP contribution in [0, 0.1) is 5.82 Å². The van der Waals surface area contributed by atoms with E-state index in [1.54, 1.807) is 6.07 Å². The highest BCUT2D eigenvalue weighted by atomic mass is 79.9. The van der Waals surface area contributed by atoms with Crippen LogP contribution >= 0.6 is 15.9 Å². The second-order valence-electron chi connectivity index (χ2n) is 3.79. The van der Waals surface area contributed by atoms with Gasteiger partial charge < -0.3 is 10.6 Å². The lowest BCUT2D eigenvalue weighted by Crippen LogP contribution is -2.35. The summed E-state index contributed by atoms with van der Waals surface area (Å²) in [6.07, 6.45) is 2.10. The fraction of sp³-hybridized carbons (Fsp3) is 0.455. The van der Waals surface area contributed by atoms with Crippen LogP contribution in [0.5, 0.6) is 0 Å². The molecular weight excluding hydrogens is 259 g/mol. The summed E-state index contributed by atoms with van der Waals surface area (Å²) >= 11 is 3.24. The second-order valence-corrected chi connectivity index (χ2v) is 4.71. The largest absolute Gasteiger partial charge is 0.380 e. The van der Waals surface area contributed by atoms with Crippen molar-refractivity contribution < 1.29 is 4.39 Å². The Kier molecular flexibility index (Phi) is 3.59. The molecule has 0 unspecified atom stereocenters. The molecule has 1 aliphatic heterocycles. The van der Waals surface area contributed by atoms with E-state index in [1.807, 2.05) is 6.07 Å². The van der Waals surface area contributed by atoms with Crippen LogP contribution in [0.25, 0.3) is 0 Å². The third kappa shape index (κ3) is 2.92. The highest BCUT2D eigenvalue weighted by Crippen LogP contribution is 2.21. The zero-order valence-corrected chi connectivity index (χ0v) is 9.98. The molecule has 1 aliphatic rings. The van der Waals surface area contributed by atoms with Crippen molar-refractivity contribution in [1.29, 1.82) is 0 Å². The number of halogens is 2. The van der Waals surface area contributed by atoms with E-state index in [0.717, 1.165) is 30.4 Å². The first kappa shape index (κ1) is 10.9. The molecule has 82 valence electrons. The Morgan fingerprint density at radius 2 is 2.07 bits per heavy atom. The van der Waals surface area contributed by atoms with Crippen molar-refractivity contribution in [2.24, 2.45) is 0 Å². The van der Waals surface area contributed by atoms with Gasteiger partial charge in [0.25, 0.3) is 0 Å². The molecule has 2 nitrogen and oxygen atoms in total. The smallest absolute Gasteiger partial charge is 0.147 e. The average molecular weight is 273 g/mol. The molecule has 2 rings (SSSR count). The maximum absolute atomic E-state index is 13.5. The summed E-state index contributed by atoms with van der Waals surface area (Å²) in [5.74, 6) is -0.192. The zero-order chi connectivity index (χ0) is 10.7. The van der Waals surface area contributed by atoms with Gasteiger partial charge in [0.15, 0.2) is 0 Å². The molecule has 0 radical (unpaired) electrons. The van der Waals surface area contributed by atoms with Gasteiger partial charge in [0.2, 0.25) is 0 Å².